The van der Waals surface area contributed by atoms with Crippen molar-refractivity contribution in [3.05, 3.63) is 94.5 Å². The molecule has 39 heavy (non-hydrogen) atoms. The van der Waals surface area contributed by atoms with Crippen molar-refractivity contribution in [2.45, 2.75) is 42.9 Å². The molecule has 5 nitrogen and oxygen atoms in total. The van der Waals surface area contributed by atoms with Gasteiger partial charge in [0.05, 0.1) is 29.3 Å². The number of aromatic nitrogens is 1. The van der Waals surface area contributed by atoms with Gasteiger partial charge in [-0.1, -0.05) is 41.9 Å². The number of alkyl halides is 6. The zero-order valence-corrected chi connectivity index (χ0v) is 20.6. The van der Waals surface area contributed by atoms with E-state index in [1.807, 2.05) is 0 Å². The number of rotatable bonds is 9. The molecule has 3 aromatic rings. The first-order valence-corrected chi connectivity index (χ1v) is 12.0. The van der Waals surface area contributed by atoms with Crippen molar-refractivity contribution in [1.29, 1.82) is 0 Å². The fourth-order valence-electron chi connectivity index (χ4n) is 4.32. The van der Waals surface area contributed by atoms with Crippen molar-refractivity contribution in [3.8, 4) is 5.75 Å². The average Bonchev–Trinajstić information content (AvgIpc) is 3.24. The number of carbonyl (C=O) groups excluding carboxylic acids is 1. The SMILES string of the molecule is O=C(N[C@H](c1ccc(Cl)cn1)C(c1ccccc1)c1cc(F)cc(OC(F)(F)C(F)F)c1)[C@H]1CC(F)(F)CN1. The van der Waals surface area contributed by atoms with Gasteiger partial charge in [-0.05, 0) is 35.4 Å². The number of hydrogen-bond donors (Lipinski definition) is 2. The van der Waals surface area contributed by atoms with Crippen LogP contribution in [-0.2, 0) is 4.79 Å². The Morgan fingerprint density at radius 2 is 1.82 bits per heavy atom. The molecule has 13 heteroatoms. The van der Waals surface area contributed by atoms with Crippen LogP contribution in [0.2, 0.25) is 5.02 Å². The lowest BCUT2D eigenvalue weighted by Gasteiger charge is -2.30. The minimum atomic E-state index is -4.90. The zero-order valence-electron chi connectivity index (χ0n) is 19.9. The van der Waals surface area contributed by atoms with Crippen molar-refractivity contribution in [2.24, 2.45) is 0 Å². The lowest BCUT2D eigenvalue weighted by Crippen LogP contribution is -2.44. The Morgan fingerprint density at radius 3 is 2.41 bits per heavy atom. The molecular weight excluding hydrogens is 555 g/mol. The fraction of sp³-hybridized carbons (Fsp3) is 0.308. The van der Waals surface area contributed by atoms with E-state index in [4.69, 9.17) is 11.6 Å². The number of halogens is 8. The largest absolute Gasteiger partial charge is 0.461 e. The highest BCUT2D eigenvalue weighted by molar-refractivity contribution is 6.30. The van der Waals surface area contributed by atoms with Crippen LogP contribution in [0.25, 0.3) is 0 Å². The van der Waals surface area contributed by atoms with E-state index in [1.165, 1.54) is 18.3 Å². The minimum absolute atomic E-state index is 0.0481. The van der Waals surface area contributed by atoms with Gasteiger partial charge in [0.15, 0.2) is 0 Å². The van der Waals surface area contributed by atoms with Crippen molar-refractivity contribution in [2.75, 3.05) is 6.54 Å². The van der Waals surface area contributed by atoms with Gasteiger partial charge in [0.2, 0.25) is 5.91 Å². The van der Waals surface area contributed by atoms with Crippen LogP contribution in [0.5, 0.6) is 5.75 Å². The maximum atomic E-state index is 14.7. The van der Waals surface area contributed by atoms with Crippen LogP contribution in [0.3, 0.4) is 0 Å². The summed E-state index contributed by atoms with van der Waals surface area (Å²) < 4.78 is 99.2. The van der Waals surface area contributed by atoms with Crippen LogP contribution >= 0.6 is 11.6 Å². The molecule has 3 atom stereocenters. The molecule has 1 saturated heterocycles. The molecule has 2 aromatic carbocycles. The third kappa shape index (κ3) is 6.99. The quantitative estimate of drug-likeness (QED) is 0.303. The molecule has 0 radical (unpaired) electrons. The minimum Gasteiger partial charge on any atom is -0.428 e. The number of carbonyl (C=O) groups is 1. The summed E-state index contributed by atoms with van der Waals surface area (Å²) in [6.07, 6.45) is -8.59. The normalized spacial score (nSPS) is 18.5. The summed E-state index contributed by atoms with van der Waals surface area (Å²) in [5.41, 5.74) is 0.561. The van der Waals surface area contributed by atoms with Gasteiger partial charge in [-0.2, -0.15) is 17.6 Å². The molecule has 1 amide bonds. The highest BCUT2D eigenvalue weighted by Gasteiger charge is 2.45. The zero-order chi connectivity index (χ0) is 28.4. The molecule has 2 heterocycles. The van der Waals surface area contributed by atoms with E-state index in [0.717, 1.165) is 12.1 Å². The van der Waals surface area contributed by atoms with Gasteiger partial charge >= 0.3 is 12.5 Å². The molecule has 0 aliphatic carbocycles. The Balaban J connectivity index is 1.81. The monoisotopic (exact) mass is 575 g/mol. The third-order valence-corrected chi connectivity index (χ3v) is 6.27. The molecule has 1 aliphatic rings. The van der Waals surface area contributed by atoms with E-state index in [-0.39, 0.29) is 16.3 Å². The Bertz CT molecular complexity index is 1300. The number of nitrogens with zero attached hydrogens (tertiary/aromatic N) is 1. The van der Waals surface area contributed by atoms with Crippen LogP contribution < -0.4 is 15.4 Å². The van der Waals surface area contributed by atoms with Crippen LogP contribution in [-0.4, -0.2) is 41.9 Å². The lowest BCUT2D eigenvalue weighted by atomic mass is 9.83. The summed E-state index contributed by atoms with van der Waals surface area (Å²) in [7, 11) is 0. The second kappa shape index (κ2) is 11.4. The number of ether oxygens (including phenoxy) is 1. The van der Waals surface area contributed by atoms with Crippen LogP contribution in [0.15, 0.2) is 66.9 Å². The number of benzene rings is 2. The van der Waals surface area contributed by atoms with E-state index in [9.17, 15) is 35.5 Å². The lowest BCUT2D eigenvalue weighted by molar-refractivity contribution is -0.253. The number of pyridine rings is 1. The summed E-state index contributed by atoms with van der Waals surface area (Å²) in [6.45, 7) is -0.708. The van der Waals surface area contributed by atoms with E-state index in [1.54, 1.807) is 30.3 Å². The topological polar surface area (TPSA) is 63.2 Å². The van der Waals surface area contributed by atoms with Gasteiger partial charge in [0.1, 0.15) is 11.6 Å². The van der Waals surface area contributed by atoms with E-state index in [2.05, 4.69) is 20.4 Å². The molecular formula is C26H21ClF7N3O2. The van der Waals surface area contributed by atoms with Gasteiger partial charge in [0.25, 0.3) is 5.92 Å². The second-order valence-electron chi connectivity index (χ2n) is 8.95. The predicted molar refractivity (Wildman–Crippen MR) is 128 cm³/mol. The summed E-state index contributed by atoms with van der Waals surface area (Å²) >= 11 is 5.96. The van der Waals surface area contributed by atoms with Gasteiger partial charge in [-0.15, -0.1) is 0 Å². The maximum absolute atomic E-state index is 14.7. The first-order valence-electron chi connectivity index (χ1n) is 11.6. The second-order valence-corrected chi connectivity index (χ2v) is 9.39. The summed E-state index contributed by atoms with van der Waals surface area (Å²) in [5.74, 6) is -6.96. The highest BCUT2D eigenvalue weighted by Crippen LogP contribution is 2.40. The first kappa shape index (κ1) is 28.6. The van der Waals surface area contributed by atoms with Crippen LogP contribution in [0.1, 0.15) is 35.2 Å². The van der Waals surface area contributed by atoms with E-state index in [0.29, 0.717) is 11.6 Å². The Kier molecular flexibility index (Phi) is 8.36. The van der Waals surface area contributed by atoms with Gasteiger partial charge in [-0.3, -0.25) is 15.1 Å². The molecule has 1 unspecified atom stereocenters. The van der Waals surface area contributed by atoms with Gasteiger partial charge in [0, 0.05) is 24.6 Å². The van der Waals surface area contributed by atoms with Crippen LogP contribution in [0.4, 0.5) is 30.7 Å². The molecule has 2 N–H and O–H groups in total. The number of hydrogen-bond acceptors (Lipinski definition) is 4. The highest BCUT2D eigenvalue weighted by atomic mass is 35.5. The smallest absolute Gasteiger partial charge is 0.428 e. The summed E-state index contributed by atoms with van der Waals surface area (Å²) in [4.78, 5) is 17.3. The number of nitrogens with one attached hydrogen (secondary N) is 2. The number of amides is 1. The molecule has 1 aliphatic heterocycles. The van der Waals surface area contributed by atoms with E-state index >= 15 is 0 Å². The van der Waals surface area contributed by atoms with Crippen LogP contribution in [0, 0.1) is 5.82 Å². The first-order chi connectivity index (χ1) is 18.3. The standard InChI is InChI=1S/C26H21ClF7N3O2/c27-16-6-7-19(35-12-16)22(37-23(38)20-11-25(31,32)13-36-20)21(14-4-2-1-3-5-14)15-8-17(28)10-18(9-15)39-26(33,34)24(29)30/h1-10,12,20-22,24,36H,11,13H2,(H,37,38)/t20-,21?,22-/m1/s1. The summed E-state index contributed by atoms with van der Waals surface area (Å²) in [6, 6.07) is 11.0. The van der Waals surface area contributed by atoms with Crippen molar-refractivity contribution in [3.63, 3.8) is 0 Å². The fourth-order valence-corrected chi connectivity index (χ4v) is 4.43. The Hall–Kier alpha value is -3.38. The molecule has 0 bridgehead atoms. The van der Waals surface area contributed by atoms with Crippen molar-refractivity contribution in [1.82, 2.24) is 15.6 Å². The van der Waals surface area contributed by atoms with Gasteiger partial charge in [-0.25, -0.2) is 13.2 Å². The Labute approximate surface area is 223 Å². The van der Waals surface area contributed by atoms with Gasteiger partial charge < -0.3 is 10.1 Å². The molecule has 1 fully saturated rings. The molecule has 208 valence electrons. The summed E-state index contributed by atoms with van der Waals surface area (Å²) in [5, 5.41) is 5.35. The molecule has 0 spiro atoms. The molecule has 0 saturated carbocycles. The molecule has 4 rings (SSSR count). The molecule has 1 aromatic heterocycles. The van der Waals surface area contributed by atoms with E-state index < -0.39 is 66.9 Å². The van der Waals surface area contributed by atoms with Crippen molar-refractivity contribution < 1.29 is 40.3 Å². The average molecular weight is 576 g/mol. The van der Waals surface area contributed by atoms with Crippen molar-refractivity contribution >= 4 is 17.5 Å². The Morgan fingerprint density at radius 1 is 1.10 bits per heavy atom. The third-order valence-electron chi connectivity index (χ3n) is 6.05. The predicted octanol–water partition coefficient (Wildman–Crippen LogP) is 6.10. The maximum Gasteiger partial charge on any atom is 0.461 e.